The Morgan fingerprint density at radius 1 is 1.10 bits per heavy atom. The Morgan fingerprint density at radius 2 is 1.90 bits per heavy atom. The van der Waals surface area contributed by atoms with E-state index in [1.165, 1.54) is 18.2 Å². The summed E-state index contributed by atoms with van der Waals surface area (Å²) in [6.45, 7) is 6.40. The van der Waals surface area contributed by atoms with Gasteiger partial charge in [0.1, 0.15) is 0 Å². The summed E-state index contributed by atoms with van der Waals surface area (Å²) >= 11 is 0. The van der Waals surface area contributed by atoms with Gasteiger partial charge < -0.3 is 15.4 Å². The second-order valence-corrected chi connectivity index (χ2v) is 8.28. The van der Waals surface area contributed by atoms with Gasteiger partial charge in [-0.05, 0) is 42.7 Å². The van der Waals surface area contributed by atoms with Gasteiger partial charge in [0.25, 0.3) is 0 Å². The minimum atomic E-state index is -3.56. The molecule has 0 unspecified atom stereocenters. The predicted molar refractivity (Wildman–Crippen MR) is 116 cm³/mol. The van der Waals surface area contributed by atoms with Crippen LogP contribution < -0.4 is 15.4 Å². The zero-order valence-electron chi connectivity index (χ0n) is 17.2. The molecule has 0 aliphatic rings. The molecular formula is C21H30N4O3S. The van der Waals surface area contributed by atoms with Gasteiger partial charge >= 0.3 is 0 Å². The Labute approximate surface area is 173 Å². The third kappa shape index (κ3) is 7.49. The van der Waals surface area contributed by atoms with E-state index in [4.69, 9.17) is 4.74 Å². The first-order chi connectivity index (χ1) is 14.0. The molecule has 0 spiro atoms. The molecule has 0 aliphatic carbocycles. The molecule has 0 saturated carbocycles. The number of hydrogen-bond donors (Lipinski definition) is 3. The Hall–Kier alpha value is -2.42. The molecule has 0 heterocycles. The van der Waals surface area contributed by atoms with E-state index in [0.29, 0.717) is 25.7 Å². The maximum absolute atomic E-state index is 12.4. The van der Waals surface area contributed by atoms with Crippen LogP contribution in [0.15, 0.2) is 58.4 Å². The summed E-state index contributed by atoms with van der Waals surface area (Å²) in [5.74, 6) is 0.683. The van der Waals surface area contributed by atoms with Crippen molar-refractivity contribution in [1.82, 2.24) is 15.4 Å². The number of aliphatic imine (C=N–C) groups is 1. The van der Waals surface area contributed by atoms with Crippen LogP contribution in [0.25, 0.3) is 0 Å². The molecule has 0 aromatic heterocycles. The van der Waals surface area contributed by atoms with Gasteiger partial charge in [-0.3, -0.25) is 0 Å². The molecule has 2 aromatic carbocycles. The zero-order chi connectivity index (χ0) is 21.1. The summed E-state index contributed by atoms with van der Waals surface area (Å²) < 4.78 is 32.1. The van der Waals surface area contributed by atoms with E-state index < -0.39 is 10.0 Å². The Morgan fingerprint density at radius 3 is 2.62 bits per heavy atom. The number of hydrogen-bond acceptors (Lipinski definition) is 4. The maximum atomic E-state index is 12.4. The monoisotopic (exact) mass is 418 g/mol. The van der Waals surface area contributed by atoms with Crippen molar-refractivity contribution >= 4 is 16.0 Å². The fourth-order valence-corrected chi connectivity index (χ4v) is 3.75. The van der Waals surface area contributed by atoms with Crippen molar-refractivity contribution in [1.29, 1.82) is 0 Å². The molecule has 8 heteroatoms. The van der Waals surface area contributed by atoms with Crippen LogP contribution in [0.2, 0.25) is 0 Å². The van der Waals surface area contributed by atoms with Crippen molar-refractivity contribution in [3.8, 4) is 0 Å². The summed E-state index contributed by atoms with van der Waals surface area (Å²) in [5.41, 5.74) is 3.23. The highest BCUT2D eigenvalue weighted by Gasteiger charge is 2.13. The Balaban J connectivity index is 2.06. The number of methoxy groups -OCH3 is 1. The van der Waals surface area contributed by atoms with Crippen LogP contribution in [0.3, 0.4) is 0 Å². The van der Waals surface area contributed by atoms with E-state index in [1.54, 1.807) is 18.2 Å². The average Bonchev–Trinajstić information content (AvgIpc) is 2.71. The number of ether oxygens (including phenoxy) is 1. The lowest BCUT2D eigenvalue weighted by Crippen LogP contribution is -2.36. The highest BCUT2D eigenvalue weighted by atomic mass is 32.2. The number of nitrogens with zero attached hydrogens (tertiary/aromatic N) is 1. The topological polar surface area (TPSA) is 91.8 Å². The van der Waals surface area contributed by atoms with Gasteiger partial charge in [-0.25, -0.2) is 18.1 Å². The second kappa shape index (κ2) is 11.5. The number of rotatable bonds is 10. The normalized spacial score (nSPS) is 12.0. The van der Waals surface area contributed by atoms with E-state index in [-0.39, 0.29) is 11.4 Å². The minimum Gasteiger partial charge on any atom is -0.383 e. The van der Waals surface area contributed by atoms with Gasteiger partial charge in [0, 0.05) is 26.7 Å². The molecule has 0 amide bonds. The van der Waals surface area contributed by atoms with E-state index in [9.17, 15) is 8.42 Å². The van der Waals surface area contributed by atoms with Crippen LogP contribution in [0, 0.1) is 6.92 Å². The molecule has 0 saturated heterocycles. The molecule has 158 valence electrons. The summed E-state index contributed by atoms with van der Waals surface area (Å²) in [6, 6.07) is 15.0. The van der Waals surface area contributed by atoms with Gasteiger partial charge in [-0.1, -0.05) is 36.4 Å². The van der Waals surface area contributed by atoms with Crippen LogP contribution in [0.1, 0.15) is 23.6 Å². The third-order valence-electron chi connectivity index (χ3n) is 4.28. The molecule has 7 nitrogen and oxygen atoms in total. The standard InChI is InChI=1S/C21H30N4O3S/c1-4-22-21(24-16-19-10-6-5-8-17(19)2)23-15-18-9-7-11-20(14-18)29(26,27)25-12-13-28-3/h5-11,14,25H,4,12-13,15-16H2,1-3H3,(H2,22,23,24). The van der Waals surface area contributed by atoms with E-state index in [0.717, 1.165) is 12.1 Å². The van der Waals surface area contributed by atoms with Crippen LogP contribution >= 0.6 is 0 Å². The lowest BCUT2D eigenvalue weighted by molar-refractivity contribution is 0.204. The minimum absolute atomic E-state index is 0.221. The number of nitrogens with one attached hydrogen (secondary N) is 3. The van der Waals surface area contributed by atoms with Crippen LogP contribution in [0.5, 0.6) is 0 Å². The first-order valence-electron chi connectivity index (χ1n) is 9.60. The largest absolute Gasteiger partial charge is 0.383 e. The smallest absolute Gasteiger partial charge is 0.240 e. The molecule has 0 bridgehead atoms. The predicted octanol–water partition coefficient (Wildman–Crippen LogP) is 2.18. The zero-order valence-corrected chi connectivity index (χ0v) is 18.1. The quantitative estimate of drug-likeness (QED) is 0.312. The van der Waals surface area contributed by atoms with Gasteiger partial charge in [-0.15, -0.1) is 0 Å². The van der Waals surface area contributed by atoms with Crippen molar-refractivity contribution in [3.05, 3.63) is 65.2 Å². The number of sulfonamides is 1. The molecule has 0 atom stereocenters. The van der Waals surface area contributed by atoms with Crippen LogP contribution in [0.4, 0.5) is 0 Å². The molecular weight excluding hydrogens is 388 g/mol. The number of benzene rings is 2. The summed E-state index contributed by atoms with van der Waals surface area (Å²) in [7, 11) is -2.03. The van der Waals surface area contributed by atoms with Gasteiger partial charge in [0.05, 0.1) is 18.0 Å². The number of guanidine groups is 1. The second-order valence-electron chi connectivity index (χ2n) is 6.51. The number of aryl methyl sites for hydroxylation is 1. The summed E-state index contributed by atoms with van der Waals surface area (Å²) in [5, 5.41) is 6.54. The SMILES string of the molecule is CCNC(=NCc1cccc(S(=O)(=O)NCCOC)c1)NCc1ccccc1C. The molecule has 0 aliphatic heterocycles. The van der Waals surface area contributed by atoms with Crippen molar-refractivity contribution in [2.24, 2.45) is 4.99 Å². The fraction of sp³-hybridized carbons (Fsp3) is 0.381. The van der Waals surface area contributed by atoms with E-state index in [2.05, 4.69) is 39.4 Å². The van der Waals surface area contributed by atoms with Gasteiger partial charge in [0.2, 0.25) is 10.0 Å². The lowest BCUT2D eigenvalue weighted by Gasteiger charge is -2.13. The average molecular weight is 419 g/mol. The first-order valence-corrected chi connectivity index (χ1v) is 11.1. The first kappa shape index (κ1) is 22.9. The van der Waals surface area contributed by atoms with Crippen LogP contribution in [-0.4, -0.2) is 41.2 Å². The van der Waals surface area contributed by atoms with Crippen LogP contribution in [-0.2, 0) is 27.8 Å². The summed E-state index contributed by atoms with van der Waals surface area (Å²) in [6.07, 6.45) is 0. The molecule has 0 radical (unpaired) electrons. The van der Waals surface area contributed by atoms with E-state index >= 15 is 0 Å². The Kier molecular flexibility index (Phi) is 9.11. The maximum Gasteiger partial charge on any atom is 0.240 e. The molecule has 2 rings (SSSR count). The molecule has 0 fully saturated rings. The van der Waals surface area contributed by atoms with Crippen molar-refractivity contribution in [2.75, 3.05) is 26.8 Å². The van der Waals surface area contributed by atoms with Gasteiger partial charge in [-0.2, -0.15) is 0 Å². The van der Waals surface area contributed by atoms with Crippen molar-refractivity contribution in [2.45, 2.75) is 31.8 Å². The Bertz CT molecular complexity index is 914. The highest BCUT2D eigenvalue weighted by Crippen LogP contribution is 2.12. The van der Waals surface area contributed by atoms with Crippen molar-refractivity contribution in [3.63, 3.8) is 0 Å². The molecule has 3 N–H and O–H groups in total. The van der Waals surface area contributed by atoms with Gasteiger partial charge in [0.15, 0.2) is 5.96 Å². The highest BCUT2D eigenvalue weighted by molar-refractivity contribution is 7.89. The lowest BCUT2D eigenvalue weighted by atomic mass is 10.1. The summed E-state index contributed by atoms with van der Waals surface area (Å²) in [4.78, 5) is 4.81. The third-order valence-corrected chi connectivity index (χ3v) is 5.74. The van der Waals surface area contributed by atoms with Crippen molar-refractivity contribution < 1.29 is 13.2 Å². The molecule has 29 heavy (non-hydrogen) atoms. The molecule has 2 aromatic rings. The van der Waals surface area contributed by atoms with E-state index in [1.807, 2.05) is 25.1 Å². The fourth-order valence-electron chi connectivity index (χ4n) is 2.67.